The van der Waals surface area contributed by atoms with Gasteiger partial charge in [-0.3, -0.25) is 19.2 Å². The van der Waals surface area contributed by atoms with E-state index in [9.17, 15) is 19.2 Å². The maximum absolute atomic E-state index is 13.6. The van der Waals surface area contributed by atoms with Gasteiger partial charge in [0, 0.05) is 36.8 Å². The van der Waals surface area contributed by atoms with Gasteiger partial charge in [-0.05, 0) is 51.0 Å². The largest absolute Gasteiger partial charge is 0.361 e. The Bertz CT molecular complexity index is 1710. The summed E-state index contributed by atoms with van der Waals surface area (Å²) in [6.45, 7) is 8.56. The number of hydrogen-bond donors (Lipinski definition) is 3. The Balaban J connectivity index is 1.42. The number of fused-ring (bicyclic) bond motifs is 4. The molecule has 0 aliphatic carbocycles. The van der Waals surface area contributed by atoms with E-state index in [2.05, 4.69) is 44.9 Å². The summed E-state index contributed by atoms with van der Waals surface area (Å²) in [7, 11) is 0. The Morgan fingerprint density at radius 1 is 0.938 bits per heavy atom. The van der Waals surface area contributed by atoms with Crippen molar-refractivity contribution in [2.24, 2.45) is 5.92 Å². The first-order chi connectivity index (χ1) is 23.1. The van der Waals surface area contributed by atoms with Crippen LogP contribution in [0.5, 0.6) is 0 Å². The number of thiazole rings is 2. The fraction of sp³-hybridized carbons (Fsp3) is 0.441. The van der Waals surface area contributed by atoms with Gasteiger partial charge in [-0.25, -0.2) is 9.97 Å². The van der Waals surface area contributed by atoms with Crippen molar-refractivity contribution < 1.29 is 23.7 Å². The second-order valence-corrected chi connectivity index (χ2v) is 14.1. The number of carbonyl (C=O) groups excluding carboxylic acids is 4. The van der Waals surface area contributed by atoms with Crippen molar-refractivity contribution in [2.45, 2.75) is 71.9 Å². The summed E-state index contributed by atoms with van der Waals surface area (Å²) in [5.41, 5.74) is 2.43. The number of aryl methyl sites for hydroxylation is 2. The monoisotopic (exact) mass is 691 g/mol. The molecule has 14 heteroatoms. The van der Waals surface area contributed by atoms with Crippen LogP contribution >= 0.6 is 22.7 Å². The lowest BCUT2D eigenvalue weighted by atomic mass is 10.0. The zero-order valence-electron chi connectivity index (χ0n) is 27.6. The number of benzene rings is 1. The summed E-state index contributed by atoms with van der Waals surface area (Å²) in [6.07, 6.45) is 2.23. The Labute approximate surface area is 287 Å². The van der Waals surface area contributed by atoms with Gasteiger partial charge in [-0.1, -0.05) is 49.3 Å². The normalized spacial score (nSPS) is 18.5. The molecule has 0 radical (unpaired) electrons. The Kier molecular flexibility index (Phi) is 11.7. The van der Waals surface area contributed by atoms with E-state index in [0.717, 1.165) is 5.56 Å². The van der Waals surface area contributed by atoms with Crippen molar-refractivity contribution >= 4 is 46.3 Å². The quantitative estimate of drug-likeness (QED) is 0.258. The molecule has 12 nitrogen and oxygen atoms in total. The van der Waals surface area contributed by atoms with Gasteiger partial charge >= 0.3 is 0 Å². The summed E-state index contributed by atoms with van der Waals surface area (Å²) in [6, 6.07) is 8.90. The molecule has 4 heterocycles. The summed E-state index contributed by atoms with van der Waals surface area (Å²) < 4.78 is 5.24. The first-order valence-electron chi connectivity index (χ1n) is 16.1. The van der Waals surface area contributed by atoms with E-state index >= 15 is 0 Å². The number of amides is 4. The van der Waals surface area contributed by atoms with Gasteiger partial charge < -0.3 is 25.4 Å². The van der Waals surface area contributed by atoms with Crippen LogP contribution in [0, 0.1) is 19.8 Å². The number of rotatable bonds is 5. The highest BCUT2D eigenvalue weighted by Crippen LogP contribution is 2.27. The van der Waals surface area contributed by atoms with Crippen LogP contribution in [0.25, 0.3) is 0 Å². The molecule has 4 amide bonds. The van der Waals surface area contributed by atoms with Gasteiger partial charge in [-0.2, -0.15) is 0 Å². The minimum Gasteiger partial charge on any atom is -0.361 e. The second kappa shape index (κ2) is 16.1. The molecule has 3 N–H and O–H groups in total. The lowest BCUT2D eigenvalue weighted by molar-refractivity contribution is -0.122. The third-order valence-electron chi connectivity index (χ3n) is 7.99. The smallest absolute Gasteiger partial charge is 0.271 e. The average molecular weight is 692 g/mol. The molecule has 254 valence electrons. The highest BCUT2D eigenvalue weighted by atomic mass is 32.1. The Hall–Kier alpha value is -4.43. The van der Waals surface area contributed by atoms with Crippen molar-refractivity contribution in [3.05, 3.63) is 85.1 Å². The highest BCUT2D eigenvalue weighted by Gasteiger charge is 2.27. The number of nitrogens with zero attached hydrogens (tertiary/aromatic N) is 4. The van der Waals surface area contributed by atoms with E-state index in [1.807, 2.05) is 30.3 Å². The van der Waals surface area contributed by atoms with Crippen LogP contribution in [0.3, 0.4) is 0 Å². The van der Waals surface area contributed by atoms with Gasteiger partial charge in [0.2, 0.25) is 5.91 Å². The molecule has 0 spiro atoms. The zero-order chi connectivity index (χ0) is 34.2. The molecular formula is C34H41N7O5S2. The predicted molar refractivity (Wildman–Crippen MR) is 183 cm³/mol. The van der Waals surface area contributed by atoms with Crippen molar-refractivity contribution in [1.82, 2.24) is 36.0 Å². The van der Waals surface area contributed by atoms with Crippen molar-refractivity contribution in [2.75, 3.05) is 19.6 Å². The highest BCUT2D eigenvalue weighted by molar-refractivity contribution is 7.10. The lowest BCUT2D eigenvalue weighted by Crippen LogP contribution is -2.36. The molecule has 4 aromatic rings. The van der Waals surface area contributed by atoms with Crippen LogP contribution in [-0.2, 0) is 11.2 Å². The van der Waals surface area contributed by atoms with Gasteiger partial charge in [0.1, 0.15) is 32.7 Å². The molecule has 0 saturated heterocycles. The average Bonchev–Trinajstić information content (AvgIpc) is 3.82. The number of hydrogen-bond acceptors (Lipinski definition) is 10. The molecule has 5 rings (SSSR count). The predicted octanol–water partition coefficient (Wildman–Crippen LogP) is 5.18. The first-order valence-corrected chi connectivity index (χ1v) is 17.9. The van der Waals surface area contributed by atoms with Crippen LogP contribution in [0.1, 0.15) is 110 Å². The maximum Gasteiger partial charge on any atom is 0.271 e. The lowest BCUT2D eigenvalue weighted by Gasteiger charge is -2.23. The van der Waals surface area contributed by atoms with Crippen LogP contribution in [-0.4, -0.2) is 63.3 Å². The summed E-state index contributed by atoms with van der Waals surface area (Å²) in [4.78, 5) is 64.4. The molecule has 48 heavy (non-hydrogen) atoms. The van der Waals surface area contributed by atoms with E-state index < -0.39 is 6.04 Å². The number of nitrogens with one attached hydrogen (secondary N) is 3. The van der Waals surface area contributed by atoms with Crippen molar-refractivity contribution in [3.63, 3.8) is 0 Å². The van der Waals surface area contributed by atoms with Gasteiger partial charge in [0.25, 0.3) is 17.7 Å². The molecule has 0 fully saturated rings. The topological polar surface area (TPSA) is 159 Å². The van der Waals surface area contributed by atoms with Crippen molar-refractivity contribution in [3.8, 4) is 0 Å². The SMILES string of the molecule is Cc1noc(C)c1C(=O)N1CCCNC(=O)c2csc(n2)[C@H](Cc2ccccc2)NC(=O)c2csc(n2)[C@H](CC(C)C)NC(=O)CCC1. The summed E-state index contributed by atoms with van der Waals surface area (Å²) in [5, 5.41) is 17.7. The Morgan fingerprint density at radius 3 is 2.27 bits per heavy atom. The van der Waals surface area contributed by atoms with Crippen LogP contribution < -0.4 is 16.0 Å². The molecule has 0 saturated carbocycles. The minimum absolute atomic E-state index is 0.160. The van der Waals surface area contributed by atoms with E-state index in [1.165, 1.54) is 22.7 Å². The molecule has 3 aromatic heterocycles. The zero-order valence-corrected chi connectivity index (χ0v) is 29.2. The third-order valence-corrected chi connectivity index (χ3v) is 9.91. The van der Waals surface area contributed by atoms with Crippen LogP contribution in [0.2, 0.25) is 0 Å². The number of carbonyl (C=O) groups is 4. The van der Waals surface area contributed by atoms with Crippen LogP contribution in [0.4, 0.5) is 0 Å². The van der Waals surface area contributed by atoms with E-state index in [4.69, 9.17) is 4.52 Å². The molecule has 2 atom stereocenters. The number of aromatic nitrogens is 3. The minimum atomic E-state index is -0.499. The molecule has 1 aliphatic rings. The fourth-order valence-corrected chi connectivity index (χ4v) is 7.31. The molecule has 1 aliphatic heterocycles. The van der Waals surface area contributed by atoms with E-state index in [0.29, 0.717) is 72.4 Å². The van der Waals surface area contributed by atoms with Crippen molar-refractivity contribution in [1.29, 1.82) is 0 Å². The maximum atomic E-state index is 13.6. The second-order valence-electron chi connectivity index (χ2n) is 12.3. The van der Waals surface area contributed by atoms with Gasteiger partial charge in [0.15, 0.2) is 0 Å². The summed E-state index contributed by atoms with van der Waals surface area (Å²) >= 11 is 2.64. The molecule has 4 bridgehead atoms. The van der Waals surface area contributed by atoms with Crippen LogP contribution in [0.15, 0.2) is 45.6 Å². The molecular weight excluding hydrogens is 651 g/mol. The third kappa shape index (κ3) is 8.92. The Morgan fingerprint density at radius 2 is 1.60 bits per heavy atom. The summed E-state index contributed by atoms with van der Waals surface area (Å²) in [5.74, 6) is -0.387. The van der Waals surface area contributed by atoms with E-state index in [1.54, 1.807) is 29.5 Å². The fourth-order valence-electron chi connectivity index (χ4n) is 5.60. The first kappa shape index (κ1) is 34.9. The van der Waals surface area contributed by atoms with Gasteiger partial charge in [-0.15, -0.1) is 22.7 Å². The standard InChI is InChI=1S/C34H41N7O5S2/c1-20(2)16-24-32-39-27(19-48-32)31(44)37-25(17-23-10-6-5-7-11-23)33-38-26(18-47-33)30(43)35-13-9-15-41(14-8-12-28(42)36-24)34(45)29-21(3)40-46-22(29)4/h5-7,10-11,18-20,24-25H,8-9,12-17H2,1-4H3,(H,35,43)(H,36,42)(H,37,44)/t24-,25-/m0/s1. The van der Waals surface area contributed by atoms with E-state index in [-0.39, 0.29) is 53.4 Å². The van der Waals surface area contributed by atoms with Gasteiger partial charge in [0.05, 0.1) is 17.8 Å². The molecule has 1 aromatic carbocycles. The molecule has 0 unspecified atom stereocenters.